The maximum Gasteiger partial charge on any atom is 0.522 e. The average Bonchev–Trinajstić information content (AvgIpc) is 1.85. The molecule has 74 valence electrons. The van der Waals surface area contributed by atoms with Crippen molar-refractivity contribution in [3.8, 4) is 0 Å². The van der Waals surface area contributed by atoms with Crippen molar-refractivity contribution in [2.24, 2.45) is 0 Å². The van der Waals surface area contributed by atoms with Crippen molar-refractivity contribution in [3.63, 3.8) is 0 Å². The maximum absolute atomic E-state index is 11.6. The molecule has 6 heteroatoms. The second kappa shape index (κ2) is 4.89. The first-order valence-electron chi connectivity index (χ1n) is 3.53. The van der Waals surface area contributed by atoms with Crippen LogP contribution in [0, 0.1) is 0 Å². The third-order valence-electron chi connectivity index (χ3n) is 1.55. The third-order valence-corrected chi connectivity index (χ3v) is 1.55. The van der Waals surface area contributed by atoms with Crippen molar-refractivity contribution < 1.29 is 17.9 Å². The Kier molecular flexibility index (Phi) is 4.89. The highest BCUT2D eigenvalue weighted by Gasteiger charge is 2.33. The molecule has 1 saturated heterocycles. The smallest absolute Gasteiger partial charge is 0.314 e. The van der Waals surface area contributed by atoms with Crippen molar-refractivity contribution >= 4 is 12.4 Å². The fourth-order valence-electron chi connectivity index (χ4n) is 1.11. The molecule has 0 saturated carbocycles. The van der Waals surface area contributed by atoms with E-state index in [1.807, 2.05) is 0 Å². The maximum atomic E-state index is 11.6. The lowest BCUT2D eigenvalue weighted by molar-refractivity contribution is -0.343. The van der Waals surface area contributed by atoms with Crippen LogP contribution in [-0.4, -0.2) is 25.6 Å². The topological polar surface area (TPSA) is 21.3 Å². The SMILES string of the molecule is Cl.FC(F)(F)O[C@H]1CCCNC1. The molecule has 0 bridgehead atoms. The minimum Gasteiger partial charge on any atom is -0.314 e. The van der Waals surface area contributed by atoms with Crippen LogP contribution in [0.1, 0.15) is 12.8 Å². The van der Waals surface area contributed by atoms with E-state index in [4.69, 9.17) is 0 Å². The summed E-state index contributed by atoms with van der Waals surface area (Å²) in [5.74, 6) is 0. The molecular formula is C6H11ClF3NO. The minimum atomic E-state index is -4.48. The van der Waals surface area contributed by atoms with Gasteiger partial charge >= 0.3 is 6.36 Å². The van der Waals surface area contributed by atoms with Gasteiger partial charge < -0.3 is 5.32 Å². The van der Waals surface area contributed by atoms with Crippen molar-refractivity contribution in [1.82, 2.24) is 5.32 Å². The average molecular weight is 206 g/mol. The number of piperidine rings is 1. The first kappa shape index (κ1) is 12.0. The molecule has 1 heterocycles. The molecule has 1 aliphatic rings. The van der Waals surface area contributed by atoms with Gasteiger partial charge in [0, 0.05) is 6.54 Å². The summed E-state index contributed by atoms with van der Waals surface area (Å²) < 4.78 is 38.6. The van der Waals surface area contributed by atoms with Gasteiger partial charge in [0.05, 0.1) is 6.10 Å². The van der Waals surface area contributed by atoms with Gasteiger partial charge in [-0.3, -0.25) is 4.74 Å². The van der Waals surface area contributed by atoms with Crippen LogP contribution in [0.3, 0.4) is 0 Å². The van der Waals surface area contributed by atoms with E-state index in [2.05, 4.69) is 10.1 Å². The standard InChI is InChI=1S/C6H10F3NO.ClH/c7-6(8,9)11-5-2-1-3-10-4-5;/h5,10H,1-4H2;1H/t5-;/m0./s1. The fourth-order valence-corrected chi connectivity index (χ4v) is 1.11. The quantitative estimate of drug-likeness (QED) is 0.704. The van der Waals surface area contributed by atoms with Crippen LogP contribution in [0.2, 0.25) is 0 Å². The Morgan fingerprint density at radius 2 is 2.00 bits per heavy atom. The van der Waals surface area contributed by atoms with E-state index in [9.17, 15) is 13.2 Å². The summed E-state index contributed by atoms with van der Waals surface area (Å²) in [6.07, 6.45) is -3.93. The highest BCUT2D eigenvalue weighted by atomic mass is 35.5. The van der Waals surface area contributed by atoms with Crippen LogP contribution in [0.5, 0.6) is 0 Å². The normalized spacial score (nSPS) is 24.8. The summed E-state index contributed by atoms with van der Waals surface area (Å²) in [5, 5.41) is 2.83. The summed E-state index contributed by atoms with van der Waals surface area (Å²) in [7, 11) is 0. The molecule has 0 aromatic carbocycles. The first-order valence-corrected chi connectivity index (χ1v) is 3.53. The van der Waals surface area contributed by atoms with Gasteiger partial charge in [-0.25, -0.2) is 0 Å². The molecule has 0 aromatic heterocycles. The molecule has 0 aliphatic carbocycles. The number of halogens is 4. The van der Waals surface area contributed by atoms with Gasteiger partial charge in [0.15, 0.2) is 0 Å². The number of hydrogen-bond acceptors (Lipinski definition) is 2. The van der Waals surface area contributed by atoms with Crippen molar-refractivity contribution in [2.45, 2.75) is 25.3 Å². The Morgan fingerprint density at radius 1 is 1.33 bits per heavy atom. The number of ether oxygens (including phenoxy) is 1. The Balaban J connectivity index is 0.00000121. The molecule has 1 aliphatic heterocycles. The molecule has 0 spiro atoms. The van der Waals surface area contributed by atoms with Crippen LogP contribution < -0.4 is 5.32 Å². The van der Waals surface area contributed by atoms with Gasteiger partial charge in [0.2, 0.25) is 0 Å². The van der Waals surface area contributed by atoms with Crippen LogP contribution in [0.15, 0.2) is 0 Å². The Bertz CT molecular complexity index is 124. The number of alkyl halides is 3. The van der Waals surface area contributed by atoms with Gasteiger partial charge in [0.25, 0.3) is 0 Å². The zero-order chi connectivity index (χ0) is 8.32. The summed E-state index contributed by atoms with van der Waals surface area (Å²) in [4.78, 5) is 0. The molecular weight excluding hydrogens is 195 g/mol. The predicted molar refractivity (Wildman–Crippen MR) is 40.3 cm³/mol. The number of nitrogens with one attached hydrogen (secondary N) is 1. The monoisotopic (exact) mass is 205 g/mol. The molecule has 0 unspecified atom stereocenters. The lowest BCUT2D eigenvalue weighted by Crippen LogP contribution is -2.38. The minimum absolute atomic E-state index is 0. The molecule has 0 aromatic rings. The molecule has 1 atom stereocenters. The summed E-state index contributed by atoms with van der Waals surface area (Å²) >= 11 is 0. The molecule has 0 amide bonds. The van der Waals surface area contributed by atoms with Crippen LogP contribution in [0.25, 0.3) is 0 Å². The van der Waals surface area contributed by atoms with Crippen molar-refractivity contribution in [3.05, 3.63) is 0 Å². The van der Waals surface area contributed by atoms with Gasteiger partial charge in [-0.15, -0.1) is 25.6 Å². The van der Waals surface area contributed by atoms with Crippen LogP contribution in [-0.2, 0) is 4.74 Å². The van der Waals surface area contributed by atoms with E-state index >= 15 is 0 Å². The van der Waals surface area contributed by atoms with E-state index in [-0.39, 0.29) is 12.4 Å². The Hall–Kier alpha value is -0.0000000000000000416. The predicted octanol–water partition coefficient (Wildman–Crippen LogP) is 1.70. The molecule has 2 nitrogen and oxygen atoms in total. The Labute approximate surface area is 74.9 Å². The summed E-state index contributed by atoms with van der Waals surface area (Å²) in [6, 6.07) is 0. The second-order valence-electron chi connectivity index (χ2n) is 2.53. The number of rotatable bonds is 1. The largest absolute Gasteiger partial charge is 0.522 e. The lowest BCUT2D eigenvalue weighted by Gasteiger charge is -2.23. The zero-order valence-electron chi connectivity index (χ0n) is 6.36. The van der Waals surface area contributed by atoms with Crippen molar-refractivity contribution in [2.75, 3.05) is 13.1 Å². The van der Waals surface area contributed by atoms with E-state index in [0.29, 0.717) is 13.0 Å². The van der Waals surface area contributed by atoms with Crippen LogP contribution >= 0.6 is 12.4 Å². The molecule has 1 fully saturated rings. The van der Waals surface area contributed by atoms with Gasteiger partial charge in [-0.1, -0.05) is 0 Å². The third kappa shape index (κ3) is 4.79. The molecule has 12 heavy (non-hydrogen) atoms. The molecule has 0 radical (unpaired) electrons. The van der Waals surface area contributed by atoms with Crippen molar-refractivity contribution in [1.29, 1.82) is 0 Å². The van der Waals surface area contributed by atoms with Gasteiger partial charge in [-0.05, 0) is 19.4 Å². The van der Waals surface area contributed by atoms with E-state index in [0.717, 1.165) is 13.0 Å². The zero-order valence-corrected chi connectivity index (χ0v) is 7.17. The molecule has 1 rings (SSSR count). The Morgan fingerprint density at radius 3 is 2.42 bits per heavy atom. The fraction of sp³-hybridized carbons (Fsp3) is 1.00. The highest BCUT2D eigenvalue weighted by Crippen LogP contribution is 2.21. The van der Waals surface area contributed by atoms with E-state index < -0.39 is 12.5 Å². The van der Waals surface area contributed by atoms with E-state index in [1.54, 1.807) is 0 Å². The van der Waals surface area contributed by atoms with E-state index in [1.165, 1.54) is 0 Å². The lowest BCUT2D eigenvalue weighted by atomic mass is 10.1. The van der Waals surface area contributed by atoms with Gasteiger partial charge in [-0.2, -0.15) is 0 Å². The first-order chi connectivity index (χ1) is 5.08. The number of hydrogen-bond donors (Lipinski definition) is 1. The molecule has 1 N–H and O–H groups in total. The second-order valence-corrected chi connectivity index (χ2v) is 2.53. The summed E-state index contributed by atoms with van der Waals surface area (Å²) in [5.41, 5.74) is 0. The van der Waals surface area contributed by atoms with Crippen LogP contribution in [0.4, 0.5) is 13.2 Å². The summed E-state index contributed by atoms with van der Waals surface area (Å²) in [6.45, 7) is 1.09. The highest BCUT2D eigenvalue weighted by molar-refractivity contribution is 5.85. The van der Waals surface area contributed by atoms with Gasteiger partial charge in [0.1, 0.15) is 0 Å².